The number of ether oxygens (including phenoxy) is 2. The molecule has 0 spiro atoms. The Morgan fingerprint density at radius 3 is 2.29 bits per heavy atom. The second-order valence-electron chi connectivity index (χ2n) is 6.65. The lowest BCUT2D eigenvalue weighted by Crippen LogP contribution is -2.49. The lowest BCUT2D eigenvalue weighted by atomic mass is 9.67. The Kier molecular flexibility index (Phi) is 9.29. The van der Waals surface area contributed by atoms with Crippen LogP contribution in [0.1, 0.15) is 65.2 Å². The lowest BCUT2D eigenvalue weighted by Gasteiger charge is -2.41. The maximum absolute atomic E-state index is 12.0. The predicted octanol–water partition coefficient (Wildman–Crippen LogP) is 3.33. The number of aliphatic carboxylic acids is 2. The highest BCUT2D eigenvalue weighted by Gasteiger charge is 2.49. The zero-order chi connectivity index (χ0) is 18.0. The zero-order valence-electron chi connectivity index (χ0n) is 15.0. The summed E-state index contributed by atoms with van der Waals surface area (Å²) in [6.07, 6.45) is 5.14. The third-order valence-electron chi connectivity index (χ3n) is 5.06. The van der Waals surface area contributed by atoms with E-state index in [-0.39, 0.29) is 6.61 Å². The van der Waals surface area contributed by atoms with E-state index < -0.39 is 29.4 Å². The van der Waals surface area contributed by atoms with E-state index in [2.05, 4.69) is 6.92 Å². The van der Waals surface area contributed by atoms with E-state index in [1.165, 1.54) is 0 Å². The maximum atomic E-state index is 12.0. The van der Waals surface area contributed by atoms with Gasteiger partial charge >= 0.3 is 11.9 Å². The average Bonchev–Trinajstić information content (AvgIpc) is 2.57. The van der Waals surface area contributed by atoms with Gasteiger partial charge in [0.25, 0.3) is 0 Å². The molecule has 0 amide bonds. The quantitative estimate of drug-likeness (QED) is 0.528. The minimum atomic E-state index is -1.04. The smallest absolute Gasteiger partial charge is 0.312 e. The van der Waals surface area contributed by atoms with Crippen LogP contribution < -0.4 is 0 Å². The molecule has 1 rings (SSSR count). The fourth-order valence-corrected chi connectivity index (χ4v) is 3.40. The molecule has 24 heavy (non-hydrogen) atoms. The van der Waals surface area contributed by atoms with Crippen molar-refractivity contribution in [2.45, 2.75) is 71.3 Å². The molecule has 2 N–H and O–H groups in total. The van der Waals surface area contributed by atoms with Crippen molar-refractivity contribution in [1.29, 1.82) is 0 Å². The molecule has 0 radical (unpaired) electrons. The number of rotatable bonds is 12. The largest absolute Gasteiger partial charge is 0.481 e. The molecule has 6 heteroatoms. The van der Waals surface area contributed by atoms with Crippen LogP contribution >= 0.6 is 0 Å². The first-order valence-electron chi connectivity index (χ1n) is 9.13. The molecule has 6 nitrogen and oxygen atoms in total. The number of carboxylic acid groups (broad SMARTS) is 2. The van der Waals surface area contributed by atoms with E-state index in [0.29, 0.717) is 38.9 Å². The predicted molar refractivity (Wildman–Crippen MR) is 90.0 cm³/mol. The Bertz CT molecular complexity index is 387. The summed E-state index contributed by atoms with van der Waals surface area (Å²) in [6.45, 7) is 5.28. The molecule has 1 saturated carbocycles. The van der Waals surface area contributed by atoms with Crippen molar-refractivity contribution in [1.82, 2.24) is 0 Å². The molecule has 140 valence electrons. The summed E-state index contributed by atoms with van der Waals surface area (Å²) in [5, 5.41) is 19.0. The fourth-order valence-electron chi connectivity index (χ4n) is 3.40. The second kappa shape index (κ2) is 10.7. The van der Waals surface area contributed by atoms with Crippen LogP contribution in [0.2, 0.25) is 0 Å². The van der Waals surface area contributed by atoms with Crippen molar-refractivity contribution in [3.8, 4) is 0 Å². The Morgan fingerprint density at radius 2 is 1.79 bits per heavy atom. The molecule has 1 aliphatic carbocycles. The normalized spacial score (nSPS) is 25.3. The topological polar surface area (TPSA) is 93.1 Å². The van der Waals surface area contributed by atoms with Gasteiger partial charge in [-0.1, -0.05) is 26.2 Å². The monoisotopic (exact) mass is 344 g/mol. The Hall–Kier alpha value is -1.14. The van der Waals surface area contributed by atoms with Crippen molar-refractivity contribution >= 4 is 11.9 Å². The van der Waals surface area contributed by atoms with Gasteiger partial charge < -0.3 is 19.7 Å². The van der Waals surface area contributed by atoms with Gasteiger partial charge in [-0.15, -0.1) is 0 Å². The Balaban J connectivity index is 2.73. The number of unbranched alkanes of at least 4 members (excludes halogenated alkanes) is 3. The SMILES string of the molecule is CCCCCCOC(COCC)C1(C(=O)O)CCC(C(=O)O)CC1. The molecule has 0 aromatic heterocycles. The highest BCUT2D eigenvalue weighted by Crippen LogP contribution is 2.43. The van der Waals surface area contributed by atoms with E-state index >= 15 is 0 Å². The number of carbonyl (C=O) groups is 2. The Labute approximate surface area is 144 Å². The minimum Gasteiger partial charge on any atom is -0.481 e. The highest BCUT2D eigenvalue weighted by atomic mass is 16.5. The third-order valence-corrected chi connectivity index (χ3v) is 5.06. The Morgan fingerprint density at radius 1 is 1.12 bits per heavy atom. The highest BCUT2D eigenvalue weighted by molar-refractivity contribution is 5.77. The van der Waals surface area contributed by atoms with E-state index in [4.69, 9.17) is 14.6 Å². The van der Waals surface area contributed by atoms with Crippen LogP contribution in [0.15, 0.2) is 0 Å². The molecule has 0 aliphatic heterocycles. The molecule has 0 saturated heterocycles. The van der Waals surface area contributed by atoms with E-state index in [1.54, 1.807) is 0 Å². The molecule has 1 unspecified atom stereocenters. The van der Waals surface area contributed by atoms with Gasteiger partial charge in [0.2, 0.25) is 0 Å². The summed E-state index contributed by atoms with van der Waals surface area (Å²) in [7, 11) is 0. The summed E-state index contributed by atoms with van der Waals surface area (Å²) in [4.78, 5) is 23.2. The van der Waals surface area contributed by atoms with Crippen LogP contribution in [-0.2, 0) is 19.1 Å². The van der Waals surface area contributed by atoms with Crippen molar-refractivity contribution in [2.75, 3.05) is 19.8 Å². The van der Waals surface area contributed by atoms with Crippen molar-refractivity contribution in [2.24, 2.45) is 11.3 Å². The maximum Gasteiger partial charge on any atom is 0.312 e. The molecule has 1 fully saturated rings. The third kappa shape index (κ3) is 5.74. The van der Waals surface area contributed by atoms with Crippen LogP contribution in [0.5, 0.6) is 0 Å². The van der Waals surface area contributed by atoms with E-state index in [1.807, 2.05) is 6.92 Å². The van der Waals surface area contributed by atoms with Gasteiger partial charge in [-0.3, -0.25) is 9.59 Å². The lowest BCUT2D eigenvalue weighted by molar-refractivity contribution is -0.173. The molecule has 1 aliphatic rings. The first-order chi connectivity index (χ1) is 11.5. The second-order valence-corrected chi connectivity index (χ2v) is 6.65. The first kappa shape index (κ1) is 20.9. The molecule has 0 aromatic carbocycles. The molecule has 0 heterocycles. The van der Waals surface area contributed by atoms with Crippen LogP contribution in [0, 0.1) is 11.3 Å². The summed E-state index contributed by atoms with van der Waals surface area (Å²) in [6, 6.07) is 0. The fraction of sp³-hybridized carbons (Fsp3) is 0.889. The molecule has 0 aromatic rings. The summed E-state index contributed by atoms with van der Waals surface area (Å²) >= 11 is 0. The van der Waals surface area contributed by atoms with Crippen LogP contribution in [0.4, 0.5) is 0 Å². The van der Waals surface area contributed by atoms with Gasteiger partial charge in [0, 0.05) is 13.2 Å². The standard InChI is InChI=1S/C18H32O6/c1-3-5-6-7-12-24-15(13-23-4-2)18(17(21)22)10-8-14(9-11-18)16(19)20/h14-15H,3-13H2,1-2H3,(H,19,20)(H,21,22). The summed E-state index contributed by atoms with van der Waals surface area (Å²) in [5.41, 5.74) is -1.04. The van der Waals surface area contributed by atoms with Crippen LogP contribution in [-0.4, -0.2) is 48.1 Å². The van der Waals surface area contributed by atoms with Crippen LogP contribution in [0.3, 0.4) is 0 Å². The van der Waals surface area contributed by atoms with Gasteiger partial charge in [0.15, 0.2) is 0 Å². The number of hydrogen-bond acceptors (Lipinski definition) is 4. The average molecular weight is 344 g/mol. The van der Waals surface area contributed by atoms with Gasteiger partial charge in [-0.2, -0.15) is 0 Å². The van der Waals surface area contributed by atoms with Gasteiger partial charge in [-0.05, 0) is 39.0 Å². The number of carboxylic acids is 2. The number of hydrogen-bond donors (Lipinski definition) is 2. The molecule has 1 atom stereocenters. The van der Waals surface area contributed by atoms with E-state index in [9.17, 15) is 14.7 Å². The van der Waals surface area contributed by atoms with Crippen molar-refractivity contribution in [3.63, 3.8) is 0 Å². The zero-order valence-corrected chi connectivity index (χ0v) is 15.0. The summed E-state index contributed by atoms with van der Waals surface area (Å²) in [5.74, 6) is -2.18. The van der Waals surface area contributed by atoms with Crippen molar-refractivity contribution < 1.29 is 29.3 Å². The van der Waals surface area contributed by atoms with Crippen LogP contribution in [0.25, 0.3) is 0 Å². The van der Waals surface area contributed by atoms with Crippen molar-refractivity contribution in [3.05, 3.63) is 0 Å². The van der Waals surface area contributed by atoms with Gasteiger partial charge in [0.1, 0.15) is 0 Å². The summed E-state index contributed by atoms with van der Waals surface area (Å²) < 4.78 is 11.4. The van der Waals surface area contributed by atoms with Gasteiger partial charge in [-0.25, -0.2) is 0 Å². The van der Waals surface area contributed by atoms with Gasteiger partial charge in [0.05, 0.1) is 24.0 Å². The molecular formula is C18H32O6. The first-order valence-corrected chi connectivity index (χ1v) is 9.13. The van der Waals surface area contributed by atoms with E-state index in [0.717, 1.165) is 25.7 Å². The molecular weight excluding hydrogens is 312 g/mol. The molecule has 0 bridgehead atoms. The minimum absolute atomic E-state index is 0.244.